The minimum atomic E-state index is -1.04. The van der Waals surface area contributed by atoms with Crippen molar-refractivity contribution in [3.8, 4) is 0 Å². The highest BCUT2D eigenvalue weighted by Gasteiger charge is 2.29. The predicted octanol–water partition coefficient (Wildman–Crippen LogP) is 3.70. The largest absolute Gasteiger partial charge is 0.465 e. The Kier molecular flexibility index (Phi) is 5.86. The summed E-state index contributed by atoms with van der Waals surface area (Å²) in [5.74, 6) is -2.26. The van der Waals surface area contributed by atoms with Crippen LogP contribution in [0.25, 0.3) is 20.2 Å². The van der Waals surface area contributed by atoms with E-state index in [4.69, 9.17) is 9.47 Å². The summed E-state index contributed by atoms with van der Waals surface area (Å²) in [6.45, 7) is 3.74. The third kappa shape index (κ3) is 4.01. The molecule has 0 aliphatic carbocycles. The molecular weight excluding hydrogens is 364 g/mol. The third-order valence-corrected chi connectivity index (χ3v) is 5.37. The van der Waals surface area contributed by atoms with Crippen molar-refractivity contribution in [3.05, 3.63) is 58.3 Å². The molecule has 0 aliphatic heterocycles. The average Bonchev–Trinajstić information content (AvgIpc) is 2.67. The van der Waals surface area contributed by atoms with Gasteiger partial charge in [0.05, 0.1) is 13.2 Å². The molecule has 5 nitrogen and oxygen atoms in total. The Morgan fingerprint density at radius 2 is 1.56 bits per heavy atom. The molecule has 1 aromatic heterocycles. The lowest BCUT2D eigenvalue weighted by atomic mass is 9.98. The Morgan fingerprint density at radius 1 is 0.926 bits per heavy atom. The Labute approximate surface area is 160 Å². The first-order chi connectivity index (χ1) is 13.0. The Balaban J connectivity index is 2.01. The Bertz CT molecular complexity index is 1040. The normalized spacial score (nSPS) is 11.1. The van der Waals surface area contributed by atoms with Gasteiger partial charge in [-0.05, 0) is 50.1 Å². The average molecular weight is 384 g/mol. The molecule has 0 unspecified atom stereocenters. The van der Waals surface area contributed by atoms with Gasteiger partial charge in [0, 0.05) is 20.2 Å². The fraction of sp³-hybridized carbons (Fsp3) is 0.286. The van der Waals surface area contributed by atoms with Gasteiger partial charge in [0.2, 0.25) is 0 Å². The van der Waals surface area contributed by atoms with Crippen LogP contribution in [0.3, 0.4) is 0 Å². The predicted molar refractivity (Wildman–Crippen MR) is 106 cm³/mol. The molecule has 140 valence electrons. The first kappa shape index (κ1) is 19.0. The fourth-order valence-corrected chi connectivity index (χ4v) is 4.01. The molecule has 6 heteroatoms. The molecule has 0 N–H and O–H groups in total. The van der Waals surface area contributed by atoms with Gasteiger partial charge in [-0.2, -0.15) is 0 Å². The number of esters is 2. The van der Waals surface area contributed by atoms with Crippen molar-refractivity contribution in [2.45, 2.75) is 20.3 Å². The molecule has 0 aliphatic rings. The van der Waals surface area contributed by atoms with Gasteiger partial charge in [0.1, 0.15) is 0 Å². The maximum atomic E-state index is 12.8. The van der Waals surface area contributed by atoms with Crippen LogP contribution in [0.4, 0.5) is 0 Å². The lowest BCUT2D eigenvalue weighted by molar-refractivity contribution is -0.161. The van der Waals surface area contributed by atoms with E-state index < -0.39 is 17.9 Å². The van der Waals surface area contributed by atoms with Crippen LogP contribution in [0.5, 0.6) is 0 Å². The highest BCUT2D eigenvalue weighted by molar-refractivity contribution is 7.24. The molecule has 0 atom stereocenters. The molecule has 0 saturated carbocycles. The van der Waals surface area contributed by atoms with Gasteiger partial charge in [-0.3, -0.25) is 14.4 Å². The number of fused-ring (bicyclic) bond motifs is 2. The molecule has 3 rings (SSSR count). The van der Waals surface area contributed by atoms with E-state index in [1.807, 2.05) is 30.3 Å². The van der Waals surface area contributed by atoms with E-state index in [1.54, 1.807) is 26.0 Å². The van der Waals surface area contributed by atoms with E-state index in [-0.39, 0.29) is 25.1 Å². The molecule has 0 fully saturated rings. The summed E-state index contributed by atoms with van der Waals surface area (Å²) in [7, 11) is 0. The quantitative estimate of drug-likeness (QED) is 0.368. The van der Waals surface area contributed by atoms with Crippen LogP contribution in [0.1, 0.15) is 19.4 Å². The van der Waals surface area contributed by atoms with E-state index >= 15 is 0 Å². The summed E-state index contributed by atoms with van der Waals surface area (Å²) in [5.41, 5.74) is 0.665. The number of ether oxygens (including phenoxy) is 2. The zero-order valence-corrected chi connectivity index (χ0v) is 16.0. The van der Waals surface area contributed by atoms with Crippen molar-refractivity contribution >= 4 is 43.4 Å². The van der Waals surface area contributed by atoms with Crippen molar-refractivity contribution in [2.24, 2.45) is 5.92 Å². The van der Waals surface area contributed by atoms with E-state index in [0.29, 0.717) is 16.3 Å². The number of hydrogen-bond donors (Lipinski definition) is 0. The summed E-state index contributed by atoms with van der Waals surface area (Å²) in [4.78, 5) is 37.2. The molecule has 0 saturated heterocycles. The van der Waals surface area contributed by atoms with Crippen molar-refractivity contribution < 1.29 is 19.1 Å². The van der Waals surface area contributed by atoms with Gasteiger partial charge in [0.25, 0.3) is 0 Å². The molecule has 1 heterocycles. The van der Waals surface area contributed by atoms with Crippen LogP contribution in [0.2, 0.25) is 0 Å². The molecule has 27 heavy (non-hydrogen) atoms. The summed E-state index contributed by atoms with van der Waals surface area (Å²) >= 11 is 1.54. The molecule has 0 radical (unpaired) electrons. The van der Waals surface area contributed by atoms with Gasteiger partial charge in [-0.15, -0.1) is 11.3 Å². The van der Waals surface area contributed by atoms with Crippen molar-refractivity contribution in [1.29, 1.82) is 0 Å². The second kappa shape index (κ2) is 8.31. The minimum Gasteiger partial charge on any atom is -0.465 e. The molecule has 0 bridgehead atoms. The summed E-state index contributed by atoms with van der Waals surface area (Å²) in [5, 5.41) is 1.25. The van der Waals surface area contributed by atoms with Crippen molar-refractivity contribution in [3.63, 3.8) is 0 Å². The Morgan fingerprint density at radius 3 is 2.22 bits per heavy atom. The minimum absolute atomic E-state index is 0.0509. The van der Waals surface area contributed by atoms with E-state index in [2.05, 4.69) is 0 Å². The molecule has 0 spiro atoms. The van der Waals surface area contributed by atoms with Crippen LogP contribution in [-0.2, 0) is 25.5 Å². The van der Waals surface area contributed by atoms with Gasteiger partial charge in [0.15, 0.2) is 11.3 Å². The van der Waals surface area contributed by atoms with E-state index in [0.717, 1.165) is 9.40 Å². The summed E-state index contributed by atoms with van der Waals surface area (Å²) < 4.78 is 11.8. The lowest BCUT2D eigenvalue weighted by Crippen LogP contribution is -2.30. The highest BCUT2D eigenvalue weighted by atomic mass is 32.1. The number of carbonyl (C=O) groups is 2. The van der Waals surface area contributed by atoms with Crippen molar-refractivity contribution in [1.82, 2.24) is 0 Å². The lowest BCUT2D eigenvalue weighted by Gasteiger charge is -2.14. The number of hydrogen-bond acceptors (Lipinski definition) is 6. The zero-order valence-electron chi connectivity index (χ0n) is 15.2. The van der Waals surface area contributed by atoms with Crippen LogP contribution in [-0.4, -0.2) is 25.2 Å². The number of carbonyl (C=O) groups excluding carboxylic acids is 2. The van der Waals surface area contributed by atoms with Crippen LogP contribution >= 0.6 is 11.3 Å². The number of benzene rings is 2. The first-order valence-corrected chi connectivity index (χ1v) is 9.64. The van der Waals surface area contributed by atoms with Gasteiger partial charge in [-0.1, -0.05) is 18.2 Å². The summed E-state index contributed by atoms with van der Waals surface area (Å²) in [6, 6.07) is 12.9. The van der Waals surface area contributed by atoms with Gasteiger partial charge < -0.3 is 9.47 Å². The van der Waals surface area contributed by atoms with Crippen LogP contribution < -0.4 is 5.43 Å². The maximum Gasteiger partial charge on any atom is 0.320 e. The highest BCUT2D eigenvalue weighted by Crippen LogP contribution is 2.26. The van der Waals surface area contributed by atoms with Gasteiger partial charge >= 0.3 is 11.9 Å². The molecule has 2 aromatic carbocycles. The molecule has 0 amide bonds. The topological polar surface area (TPSA) is 69.7 Å². The van der Waals surface area contributed by atoms with E-state index in [9.17, 15) is 14.4 Å². The second-order valence-corrected chi connectivity index (χ2v) is 7.10. The van der Waals surface area contributed by atoms with Gasteiger partial charge in [-0.25, -0.2) is 0 Å². The molecular formula is C21H20O5S. The second-order valence-electron chi connectivity index (χ2n) is 6.02. The summed E-state index contributed by atoms with van der Waals surface area (Å²) in [6.07, 6.45) is 0.130. The Hall–Kier alpha value is -2.73. The monoisotopic (exact) mass is 384 g/mol. The fourth-order valence-electron chi connectivity index (χ4n) is 2.96. The van der Waals surface area contributed by atoms with Crippen molar-refractivity contribution in [2.75, 3.05) is 13.2 Å². The van der Waals surface area contributed by atoms with Crippen LogP contribution in [0.15, 0.2) is 47.3 Å². The number of rotatable bonds is 6. The van der Waals surface area contributed by atoms with E-state index in [1.165, 1.54) is 11.3 Å². The first-order valence-electron chi connectivity index (χ1n) is 8.82. The molecule has 3 aromatic rings. The SMILES string of the molecule is CCOC(=O)C(Cc1ccc2sc3ccccc3c(=O)c2c1)C(=O)OCC. The van der Waals surface area contributed by atoms with Crippen LogP contribution in [0, 0.1) is 5.92 Å². The third-order valence-electron chi connectivity index (χ3n) is 4.22. The zero-order chi connectivity index (χ0) is 19.4. The smallest absolute Gasteiger partial charge is 0.320 e. The standard InChI is InChI=1S/C21H20O5S/c1-3-25-20(23)16(21(24)26-4-2)12-13-9-10-18-15(11-13)19(22)14-7-5-6-8-17(14)27-18/h5-11,16H,3-4,12H2,1-2H3. The maximum absolute atomic E-state index is 12.8.